The van der Waals surface area contributed by atoms with Crippen molar-refractivity contribution in [3.8, 4) is 0 Å². The smallest absolute Gasteiger partial charge is 0.262 e. The number of rotatable bonds is 3. The van der Waals surface area contributed by atoms with Crippen molar-refractivity contribution in [1.29, 1.82) is 0 Å². The second-order valence-corrected chi connectivity index (χ2v) is 5.92. The lowest BCUT2D eigenvalue weighted by Crippen LogP contribution is -2.14. The Morgan fingerprint density at radius 1 is 1.16 bits per heavy atom. The summed E-state index contributed by atoms with van der Waals surface area (Å²) in [7, 11) is -3.90. The number of nitrogens with one attached hydrogen (secondary N) is 1. The minimum Gasteiger partial charge on any atom is -0.399 e. The number of hydrogen-bond acceptors (Lipinski definition) is 3. The van der Waals surface area contributed by atoms with Crippen LogP contribution in [0.1, 0.15) is 0 Å². The van der Waals surface area contributed by atoms with Gasteiger partial charge in [0.15, 0.2) is 0 Å². The quantitative estimate of drug-likeness (QED) is 0.856. The number of sulfonamides is 1. The molecule has 100 valence electrons. The van der Waals surface area contributed by atoms with Gasteiger partial charge in [0, 0.05) is 10.7 Å². The van der Waals surface area contributed by atoms with Gasteiger partial charge in [0.1, 0.15) is 5.82 Å². The molecule has 19 heavy (non-hydrogen) atoms. The first-order valence-corrected chi connectivity index (χ1v) is 7.08. The van der Waals surface area contributed by atoms with E-state index in [9.17, 15) is 12.8 Å². The lowest BCUT2D eigenvalue weighted by Gasteiger charge is -2.09. The van der Waals surface area contributed by atoms with Gasteiger partial charge in [-0.2, -0.15) is 0 Å². The molecule has 2 aromatic carbocycles. The maximum absolute atomic E-state index is 13.5. The van der Waals surface area contributed by atoms with Gasteiger partial charge in [0.2, 0.25) is 0 Å². The molecule has 0 saturated heterocycles. The molecule has 0 amide bonds. The van der Waals surface area contributed by atoms with Gasteiger partial charge in [-0.15, -0.1) is 0 Å². The molecule has 3 N–H and O–H groups in total. The van der Waals surface area contributed by atoms with Crippen LogP contribution >= 0.6 is 11.6 Å². The molecule has 0 fully saturated rings. The van der Waals surface area contributed by atoms with Gasteiger partial charge in [0.05, 0.1) is 10.6 Å². The second-order valence-electron chi connectivity index (χ2n) is 3.80. The number of anilines is 2. The summed E-state index contributed by atoms with van der Waals surface area (Å²) >= 11 is 5.70. The van der Waals surface area contributed by atoms with Gasteiger partial charge < -0.3 is 5.73 Å². The highest BCUT2D eigenvalue weighted by atomic mass is 35.5. The predicted octanol–water partition coefficient (Wildman–Crippen LogP) is 2.86. The Balaban J connectivity index is 2.39. The molecule has 0 aliphatic heterocycles. The molecule has 0 aromatic heterocycles. The number of nitrogen functional groups attached to an aromatic ring is 1. The van der Waals surface area contributed by atoms with Crippen molar-refractivity contribution in [1.82, 2.24) is 0 Å². The van der Waals surface area contributed by atoms with Crippen LogP contribution in [0.2, 0.25) is 5.02 Å². The van der Waals surface area contributed by atoms with Crippen LogP contribution < -0.4 is 10.5 Å². The van der Waals surface area contributed by atoms with E-state index in [1.165, 1.54) is 30.3 Å². The molecule has 0 spiro atoms. The monoisotopic (exact) mass is 300 g/mol. The lowest BCUT2D eigenvalue weighted by atomic mass is 10.3. The summed E-state index contributed by atoms with van der Waals surface area (Å²) in [5.74, 6) is -0.711. The molecule has 7 heteroatoms. The van der Waals surface area contributed by atoms with Crippen molar-refractivity contribution in [2.45, 2.75) is 4.90 Å². The normalized spacial score (nSPS) is 11.3. The van der Waals surface area contributed by atoms with Crippen molar-refractivity contribution in [3.63, 3.8) is 0 Å². The third-order valence-corrected chi connectivity index (χ3v) is 3.94. The molecule has 0 aliphatic rings. The topological polar surface area (TPSA) is 72.2 Å². The molecule has 0 unspecified atom stereocenters. The van der Waals surface area contributed by atoms with Crippen LogP contribution in [0.4, 0.5) is 15.8 Å². The Labute approximate surface area is 115 Å². The molecule has 4 nitrogen and oxygen atoms in total. The largest absolute Gasteiger partial charge is 0.399 e. The zero-order valence-corrected chi connectivity index (χ0v) is 11.2. The van der Waals surface area contributed by atoms with Crippen LogP contribution in [0.15, 0.2) is 47.4 Å². The van der Waals surface area contributed by atoms with E-state index in [0.29, 0.717) is 5.69 Å². The van der Waals surface area contributed by atoms with Crippen molar-refractivity contribution >= 4 is 33.0 Å². The van der Waals surface area contributed by atoms with E-state index in [1.807, 2.05) is 0 Å². The molecule has 2 aromatic rings. The SMILES string of the molecule is Nc1cccc(S(=O)(=O)Nc2cc(Cl)ccc2F)c1. The van der Waals surface area contributed by atoms with Crippen molar-refractivity contribution in [2.75, 3.05) is 10.5 Å². The molecule has 0 aliphatic carbocycles. The van der Waals surface area contributed by atoms with Crippen LogP contribution in [0.3, 0.4) is 0 Å². The molecule has 0 bridgehead atoms. The maximum Gasteiger partial charge on any atom is 0.262 e. The summed E-state index contributed by atoms with van der Waals surface area (Å²) in [4.78, 5) is -0.0492. The number of benzene rings is 2. The summed E-state index contributed by atoms with van der Waals surface area (Å²) in [6, 6.07) is 9.30. The van der Waals surface area contributed by atoms with E-state index in [2.05, 4.69) is 4.72 Å². The first-order valence-electron chi connectivity index (χ1n) is 5.22. The van der Waals surface area contributed by atoms with Gasteiger partial charge in [0.25, 0.3) is 10.0 Å². The fourth-order valence-corrected chi connectivity index (χ4v) is 2.75. The Bertz CT molecular complexity index is 719. The second kappa shape index (κ2) is 5.07. The van der Waals surface area contributed by atoms with Crippen molar-refractivity contribution < 1.29 is 12.8 Å². The average Bonchev–Trinajstić information content (AvgIpc) is 2.33. The fraction of sp³-hybridized carbons (Fsp3) is 0. The molecule has 0 atom stereocenters. The summed E-state index contributed by atoms with van der Waals surface area (Å²) in [6.45, 7) is 0. The van der Waals surface area contributed by atoms with Crippen LogP contribution in [0.5, 0.6) is 0 Å². The zero-order chi connectivity index (χ0) is 14.0. The number of hydrogen-bond donors (Lipinski definition) is 2. The highest BCUT2D eigenvalue weighted by Gasteiger charge is 2.16. The molecular weight excluding hydrogens is 291 g/mol. The average molecular weight is 301 g/mol. The highest BCUT2D eigenvalue weighted by Crippen LogP contribution is 2.23. The van der Waals surface area contributed by atoms with Crippen molar-refractivity contribution in [3.05, 3.63) is 53.3 Å². The van der Waals surface area contributed by atoms with Crippen LogP contribution in [0, 0.1) is 5.82 Å². The lowest BCUT2D eigenvalue weighted by molar-refractivity contribution is 0.598. The Morgan fingerprint density at radius 3 is 2.58 bits per heavy atom. The van der Waals surface area contributed by atoms with Crippen LogP contribution in [0.25, 0.3) is 0 Å². The molecule has 0 radical (unpaired) electrons. The van der Waals surface area contributed by atoms with Crippen molar-refractivity contribution in [2.24, 2.45) is 0 Å². The van der Waals surface area contributed by atoms with E-state index >= 15 is 0 Å². The first-order chi connectivity index (χ1) is 8.88. The van der Waals surface area contributed by atoms with E-state index < -0.39 is 15.8 Å². The summed E-state index contributed by atoms with van der Waals surface area (Å²) in [5, 5.41) is 0.228. The van der Waals surface area contributed by atoms with Crippen LogP contribution in [-0.2, 0) is 10.0 Å². The summed E-state index contributed by atoms with van der Waals surface area (Å²) < 4.78 is 39.7. The minimum atomic E-state index is -3.90. The third kappa shape index (κ3) is 3.15. The van der Waals surface area contributed by atoms with Gasteiger partial charge >= 0.3 is 0 Å². The third-order valence-electron chi connectivity index (χ3n) is 2.34. The Hall–Kier alpha value is -1.79. The van der Waals surface area contributed by atoms with Gasteiger partial charge in [-0.3, -0.25) is 4.72 Å². The van der Waals surface area contributed by atoms with Crippen LogP contribution in [-0.4, -0.2) is 8.42 Å². The van der Waals surface area contributed by atoms with Gasteiger partial charge in [-0.05, 0) is 36.4 Å². The minimum absolute atomic E-state index is 0.0492. The summed E-state index contributed by atoms with van der Waals surface area (Å²) in [5.41, 5.74) is 5.60. The maximum atomic E-state index is 13.5. The first kappa shape index (κ1) is 13.6. The zero-order valence-electron chi connectivity index (χ0n) is 9.60. The number of nitrogens with two attached hydrogens (primary N) is 1. The summed E-state index contributed by atoms with van der Waals surface area (Å²) in [6.07, 6.45) is 0. The highest BCUT2D eigenvalue weighted by molar-refractivity contribution is 7.92. The Kier molecular flexibility index (Phi) is 3.64. The van der Waals surface area contributed by atoms with Gasteiger partial charge in [-0.25, -0.2) is 12.8 Å². The van der Waals surface area contributed by atoms with Gasteiger partial charge in [-0.1, -0.05) is 17.7 Å². The fourth-order valence-electron chi connectivity index (χ4n) is 1.46. The van der Waals surface area contributed by atoms with E-state index in [1.54, 1.807) is 6.07 Å². The number of halogens is 2. The molecule has 0 heterocycles. The molecular formula is C12H10ClFN2O2S. The standard InChI is InChI=1S/C12H10ClFN2O2S/c13-8-4-5-11(14)12(6-8)16-19(17,18)10-3-1-2-9(15)7-10/h1-7,16H,15H2. The molecule has 0 saturated carbocycles. The van der Waals surface area contributed by atoms with E-state index in [4.69, 9.17) is 17.3 Å². The Morgan fingerprint density at radius 2 is 1.89 bits per heavy atom. The molecule has 2 rings (SSSR count). The van der Waals surface area contributed by atoms with E-state index in [0.717, 1.165) is 6.07 Å². The predicted molar refractivity (Wildman–Crippen MR) is 73.1 cm³/mol. The van der Waals surface area contributed by atoms with E-state index in [-0.39, 0.29) is 15.6 Å².